The average molecular weight is 337 g/mol. The zero-order valence-corrected chi connectivity index (χ0v) is 12.6. The SMILES string of the molecule is O=C(NCc1ccc2c(c1)OCCCO2)c1ccc(F)c(F)c1F. The highest BCUT2D eigenvalue weighted by molar-refractivity contribution is 5.94. The van der Waals surface area contributed by atoms with Crippen LogP contribution in [0.4, 0.5) is 13.2 Å². The van der Waals surface area contributed by atoms with Crippen LogP contribution in [0.25, 0.3) is 0 Å². The minimum atomic E-state index is -1.67. The molecule has 2 aromatic rings. The first-order valence-electron chi connectivity index (χ1n) is 7.36. The number of ether oxygens (including phenoxy) is 2. The second-order valence-corrected chi connectivity index (χ2v) is 5.24. The zero-order valence-electron chi connectivity index (χ0n) is 12.6. The Labute approximate surface area is 136 Å². The third kappa shape index (κ3) is 3.29. The largest absolute Gasteiger partial charge is 0.490 e. The van der Waals surface area contributed by atoms with Crippen LogP contribution in [0.5, 0.6) is 11.5 Å². The summed E-state index contributed by atoms with van der Waals surface area (Å²) in [5, 5.41) is 2.46. The van der Waals surface area contributed by atoms with Gasteiger partial charge < -0.3 is 14.8 Å². The van der Waals surface area contributed by atoms with Gasteiger partial charge in [0.25, 0.3) is 5.91 Å². The van der Waals surface area contributed by atoms with Crippen molar-refractivity contribution in [3.8, 4) is 11.5 Å². The van der Waals surface area contributed by atoms with E-state index in [4.69, 9.17) is 9.47 Å². The second kappa shape index (κ2) is 6.82. The van der Waals surface area contributed by atoms with Gasteiger partial charge in [0.2, 0.25) is 0 Å². The molecule has 0 atom stereocenters. The third-order valence-electron chi connectivity index (χ3n) is 3.54. The van der Waals surface area contributed by atoms with Gasteiger partial charge in [0, 0.05) is 13.0 Å². The molecule has 0 aliphatic carbocycles. The molecule has 4 nitrogen and oxygen atoms in total. The Morgan fingerprint density at radius 2 is 1.75 bits per heavy atom. The van der Waals surface area contributed by atoms with E-state index in [9.17, 15) is 18.0 Å². The number of rotatable bonds is 3. The Morgan fingerprint density at radius 3 is 2.54 bits per heavy atom. The highest BCUT2D eigenvalue weighted by Crippen LogP contribution is 2.30. The van der Waals surface area contributed by atoms with E-state index in [0.29, 0.717) is 36.3 Å². The van der Waals surface area contributed by atoms with Crippen LogP contribution in [-0.4, -0.2) is 19.1 Å². The maximum absolute atomic E-state index is 13.6. The predicted octanol–water partition coefficient (Wildman–Crippen LogP) is 3.20. The predicted molar refractivity (Wildman–Crippen MR) is 79.5 cm³/mol. The van der Waals surface area contributed by atoms with Gasteiger partial charge in [-0.1, -0.05) is 6.07 Å². The molecule has 0 fully saturated rings. The molecule has 0 aromatic heterocycles. The van der Waals surface area contributed by atoms with E-state index in [1.807, 2.05) is 0 Å². The Bertz CT molecular complexity index is 780. The number of hydrogen-bond donors (Lipinski definition) is 1. The number of amides is 1. The van der Waals surface area contributed by atoms with Gasteiger partial charge in [-0.25, -0.2) is 13.2 Å². The van der Waals surface area contributed by atoms with Crippen molar-refractivity contribution in [2.24, 2.45) is 0 Å². The molecule has 3 rings (SSSR count). The van der Waals surface area contributed by atoms with Crippen LogP contribution in [-0.2, 0) is 6.54 Å². The smallest absolute Gasteiger partial charge is 0.254 e. The number of hydrogen-bond acceptors (Lipinski definition) is 3. The average Bonchev–Trinajstić information content (AvgIpc) is 2.82. The minimum absolute atomic E-state index is 0.0773. The molecule has 0 spiro atoms. The van der Waals surface area contributed by atoms with Crippen molar-refractivity contribution < 1.29 is 27.4 Å². The van der Waals surface area contributed by atoms with Crippen LogP contribution in [0.2, 0.25) is 0 Å². The van der Waals surface area contributed by atoms with E-state index < -0.39 is 28.9 Å². The van der Waals surface area contributed by atoms with Crippen molar-refractivity contribution in [2.45, 2.75) is 13.0 Å². The Morgan fingerprint density at radius 1 is 1.00 bits per heavy atom. The molecule has 126 valence electrons. The molecule has 2 aromatic carbocycles. The number of halogens is 3. The third-order valence-corrected chi connectivity index (χ3v) is 3.54. The summed E-state index contributed by atoms with van der Waals surface area (Å²) in [6.45, 7) is 1.18. The monoisotopic (exact) mass is 337 g/mol. The lowest BCUT2D eigenvalue weighted by Crippen LogP contribution is -2.24. The van der Waals surface area contributed by atoms with Crippen LogP contribution >= 0.6 is 0 Å². The summed E-state index contributed by atoms with van der Waals surface area (Å²) in [6, 6.07) is 6.77. The summed E-state index contributed by atoms with van der Waals surface area (Å²) in [4.78, 5) is 11.9. The van der Waals surface area contributed by atoms with Crippen LogP contribution in [0.3, 0.4) is 0 Å². The lowest BCUT2D eigenvalue weighted by molar-refractivity contribution is 0.0945. The van der Waals surface area contributed by atoms with E-state index in [-0.39, 0.29) is 6.54 Å². The van der Waals surface area contributed by atoms with Gasteiger partial charge in [-0.2, -0.15) is 0 Å². The molecule has 0 saturated heterocycles. The Hall–Kier alpha value is -2.70. The lowest BCUT2D eigenvalue weighted by Gasteiger charge is -2.10. The fraction of sp³-hybridized carbons (Fsp3) is 0.235. The van der Waals surface area contributed by atoms with Crippen molar-refractivity contribution in [1.82, 2.24) is 5.32 Å². The summed E-state index contributed by atoms with van der Waals surface area (Å²) in [7, 11) is 0. The number of carbonyl (C=O) groups is 1. The lowest BCUT2D eigenvalue weighted by atomic mass is 10.1. The summed E-state index contributed by atoms with van der Waals surface area (Å²) in [6.07, 6.45) is 0.774. The van der Waals surface area contributed by atoms with Crippen molar-refractivity contribution in [3.05, 3.63) is 58.9 Å². The standard InChI is InChI=1S/C17H14F3NO3/c18-12-4-3-11(15(19)16(12)20)17(22)21-9-10-2-5-13-14(8-10)24-7-1-6-23-13/h2-5,8H,1,6-7,9H2,(H,21,22). The van der Waals surface area contributed by atoms with Gasteiger partial charge in [-0.05, 0) is 29.8 Å². The molecule has 1 aliphatic rings. The summed E-state index contributed by atoms with van der Waals surface area (Å²) < 4.78 is 50.7. The van der Waals surface area contributed by atoms with E-state index in [1.54, 1.807) is 18.2 Å². The fourth-order valence-corrected chi connectivity index (χ4v) is 2.30. The molecule has 0 bridgehead atoms. The first-order chi connectivity index (χ1) is 11.6. The normalized spacial score (nSPS) is 13.3. The molecule has 1 heterocycles. The quantitative estimate of drug-likeness (QED) is 0.875. The number of fused-ring (bicyclic) bond motifs is 1. The van der Waals surface area contributed by atoms with Crippen molar-refractivity contribution in [3.63, 3.8) is 0 Å². The molecule has 24 heavy (non-hydrogen) atoms. The van der Waals surface area contributed by atoms with E-state index in [2.05, 4.69) is 5.32 Å². The van der Waals surface area contributed by atoms with Crippen molar-refractivity contribution in [2.75, 3.05) is 13.2 Å². The first kappa shape index (κ1) is 16.2. The van der Waals surface area contributed by atoms with Crippen molar-refractivity contribution >= 4 is 5.91 Å². The van der Waals surface area contributed by atoms with Gasteiger partial charge in [0.15, 0.2) is 29.0 Å². The number of carbonyl (C=O) groups excluding carboxylic acids is 1. The van der Waals surface area contributed by atoms with Gasteiger partial charge in [0.1, 0.15) is 0 Å². The van der Waals surface area contributed by atoms with Crippen LogP contribution in [0.1, 0.15) is 22.3 Å². The molecule has 1 N–H and O–H groups in total. The molecular weight excluding hydrogens is 323 g/mol. The molecule has 0 unspecified atom stereocenters. The molecule has 0 saturated carbocycles. The van der Waals surface area contributed by atoms with Gasteiger partial charge in [-0.3, -0.25) is 4.79 Å². The molecule has 0 radical (unpaired) electrons. The fourth-order valence-electron chi connectivity index (χ4n) is 2.30. The Kier molecular flexibility index (Phi) is 4.59. The summed E-state index contributed by atoms with van der Waals surface area (Å²) >= 11 is 0. The zero-order chi connectivity index (χ0) is 17.1. The summed E-state index contributed by atoms with van der Waals surface area (Å²) in [5.74, 6) is -4.16. The van der Waals surface area contributed by atoms with Crippen LogP contribution in [0.15, 0.2) is 30.3 Å². The van der Waals surface area contributed by atoms with Crippen LogP contribution < -0.4 is 14.8 Å². The van der Waals surface area contributed by atoms with E-state index in [1.165, 1.54) is 0 Å². The van der Waals surface area contributed by atoms with Gasteiger partial charge in [0.05, 0.1) is 18.8 Å². The first-order valence-corrected chi connectivity index (χ1v) is 7.36. The van der Waals surface area contributed by atoms with Gasteiger partial charge >= 0.3 is 0 Å². The number of benzene rings is 2. The van der Waals surface area contributed by atoms with E-state index in [0.717, 1.165) is 12.5 Å². The maximum atomic E-state index is 13.6. The molecular formula is C17H14F3NO3. The van der Waals surface area contributed by atoms with Crippen LogP contribution in [0, 0.1) is 17.5 Å². The van der Waals surface area contributed by atoms with Crippen molar-refractivity contribution in [1.29, 1.82) is 0 Å². The van der Waals surface area contributed by atoms with Gasteiger partial charge in [-0.15, -0.1) is 0 Å². The molecule has 7 heteroatoms. The second-order valence-electron chi connectivity index (χ2n) is 5.24. The topological polar surface area (TPSA) is 47.6 Å². The maximum Gasteiger partial charge on any atom is 0.254 e. The molecule has 1 amide bonds. The highest BCUT2D eigenvalue weighted by atomic mass is 19.2. The number of nitrogens with one attached hydrogen (secondary N) is 1. The Balaban J connectivity index is 1.71. The summed E-state index contributed by atoms with van der Waals surface area (Å²) in [5.41, 5.74) is 0.152. The van der Waals surface area contributed by atoms with E-state index >= 15 is 0 Å². The molecule has 1 aliphatic heterocycles. The highest BCUT2D eigenvalue weighted by Gasteiger charge is 2.19. The minimum Gasteiger partial charge on any atom is -0.490 e.